The third-order valence-electron chi connectivity index (χ3n) is 7.51. The molecule has 0 bridgehead atoms. The zero-order chi connectivity index (χ0) is 32.4. The molecule has 1 heterocycles. The first-order chi connectivity index (χ1) is 20.9. The Morgan fingerprint density at radius 1 is 1.05 bits per heavy atom. The molecule has 0 spiro atoms. The maximum absolute atomic E-state index is 13.9. The molecule has 4 atom stereocenters. The number of nitrogens with zero attached hydrogens (tertiary/aromatic N) is 1. The molecule has 3 rings (SSSR count). The molecule has 0 aromatic heterocycles. The normalized spacial score (nSPS) is 23.3. The summed E-state index contributed by atoms with van der Waals surface area (Å²) in [5.41, 5.74) is 1.87. The van der Waals surface area contributed by atoms with Crippen LogP contribution in [0.5, 0.6) is 5.75 Å². The number of phenolic OH excluding ortho intramolecular Hbond substituents is 1. The van der Waals surface area contributed by atoms with E-state index in [1.165, 1.54) is 24.9 Å². The molecule has 0 aliphatic carbocycles. The van der Waals surface area contributed by atoms with E-state index in [1.807, 2.05) is 13.0 Å². The lowest BCUT2D eigenvalue weighted by Crippen LogP contribution is -2.58. The summed E-state index contributed by atoms with van der Waals surface area (Å²) in [5, 5.41) is 15.2. The van der Waals surface area contributed by atoms with Crippen molar-refractivity contribution in [2.75, 3.05) is 7.05 Å². The highest BCUT2D eigenvalue weighted by atomic mass is 79.9. The highest BCUT2D eigenvalue weighted by Gasteiger charge is 2.37. The number of cyclic esters (lactones) is 1. The van der Waals surface area contributed by atoms with Crippen LogP contribution in [0.1, 0.15) is 68.8 Å². The molecule has 44 heavy (non-hydrogen) atoms. The molecule has 1 aliphatic heterocycles. The Kier molecular flexibility index (Phi) is 12.7. The van der Waals surface area contributed by atoms with Crippen LogP contribution in [0.4, 0.5) is 0 Å². The van der Waals surface area contributed by atoms with Gasteiger partial charge in [0.15, 0.2) is 11.8 Å². The molecule has 2 aromatic rings. The largest absolute Gasteiger partial charge is 0.507 e. The highest BCUT2D eigenvalue weighted by molar-refractivity contribution is 9.10. The second-order valence-corrected chi connectivity index (χ2v) is 12.0. The average Bonchev–Trinajstić information content (AvgIpc) is 3.00. The SMILES string of the molecule is CC1=CCCCC(=O)NC(C)C(=O)N(C)C(Cc2ccc(O)c(Br)c2)C(=O)NC(C(=O)c2ccccc2)C(=O)OC(C)CC1. The van der Waals surface area contributed by atoms with Gasteiger partial charge in [0.2, 0.25) is 17.7 Å². The first kappa shape index (κ1) is 34.5. The van der Waals surface area contributed by atoms with Gasteiger partial charge in [0.1, 0.15) is 17.8 Å². The van der Waals surface area contributed by atoms with Crippen molar-refractivity contribution < 1.29 is 33.8 Å². The molecule has 2 aromatic carbocycles. The number of hydrogen-bond donors (Lipinski definition) is 3. The number of rotatable bonds is 4. The molecule has 3 amide bonds. The van der Waals surface area contributed by atoms with Crippen LogP contribution in [0.25, 0.3) is 0 Å². The predicted molar refractivity (Wildman–Crippen MR) is 169 cm³/mol. The average molecular weight is 671 g/mol. The van der Waals surface area contributed by atoms with Crippen molar-refractivity contribution in [3.63, 3.8) is 0 Å². The molecule has 1 aliphatic rings. The number of carbonyl (C=O) groups excluding carboxylic acids is 5. The van der Waals surface area contributed by atoms with Gasteiger partial charge in [0, 0.05) is 25.5 Å². The molecule has 3 N–H and O–H groups in total. The molecular weight excluding hydrogens is 630 g/mol. The van der Waals surface area contributed by atoms with E-state index in [4.69, 9.17) is 4.74 Å². The smallest absolute Gasteiger partial charge is 0.337 e. The first-order valence-corrected chi connectivity index (χ1v) is 15.5. The summed E-state index contributed by atoms with van der Waals surface area (Å²) in [4.78, 5) is 68.2. The fraction of sp³-hybridized carbons (Fsp3) is 0.424. The quantitative estimate of drug-likeness (QED) is 0.191. The number of halogens is 1. The Labute approximate surface area is 266 Å². The Morgan fingerprint density at radius 2 is 1.75 bits per heavy atom. The number of hydrogen-bond acceptors (Lipinski definition) is 7. The number of ketones is 1. The Morgan fingerprint density at radius 3 is 2.43 bits per heavy atom. The van der Waals surface area contributed by atoms with Crippen molar-refractivity contribution in [2.45, 2.75) is 83.5 Å². The summed E-state index contributed by atoms with van der Waals surface area (Å²) in [6.45, 7) is 5.22. The maximum atomic E-state index is 13.9. The summed E-state index contributed by atoms with van der Waals surface area (Å²) in [5.74, 6) is -3.15. The van der Waals surface area contributed by atoms with Crippen LogP contribution >= 0.6 is 15.9 Å². The number of phenols is 1. The highest BCUT2D eigenvalue weighted by Crippen LogP contribution is 2.25. The number of carbonyl (C=O) groups is 5. The number of esters is 1. The van der Waals surface area contributed by atoms with Crippen molar-refractivity contribution >= 4 is 45.4 Å². The van der Waals surface area contributed by atoms with Crippen molar-refractivity contribution in [3.05, 3.63) is 75.8 Å². The summed E-state index contributed by atoms with van der Waals surface area (Å²) in [7, 11) is 1.43. The number of nitrogens with one attached hydrogen (secondary N) is 2. The molecule has 0 saturated carbocycles. The number of amides is 3. The van der Waals surface area contributed by atoms with Crippen molar-refractivity contribution in [1.82, 2.24) is 15.5 Å². The van der Waals surface area contributed by atoms with Crippen LogP contribution in [0, 0.1) is 0 Å². The number of likely N-dealkylation sites (N-methyl/N-ethyl adjacent to an activating group) is 1. The summed E-state index contributed by atoms with van der Waals surface area (Å²) < 4.78 is 6.05. The van der Waals surface area contributed by atoms with Crippen LogP contribution in [0.15, 0.2) is 64.7 Å². The van der Waals surface area contributed by atoms with Gasteiger partial charge >= 0.3 is 5.97 Å². The zero-order valence-electron chi connectivity index (χ0n) is 25.5. The number of Topliss-reactive ketones (excluding diaryl/α,β-unsaturated/α-hetero) is 1. The number of allylic oxidation sites excluding steroid dienone is 2. The standard InChI is InChI=1S/C33H40BrN3O7/c1-20-10-8-9-13-28(39)35-22(3)32(42)37(4)26(19-23-16-17-27(38)25(34)18-23)31(41)36-29(33(43)44-21(2)15-14-20)30(40)24-11-6-5-7-12-24/h5-7,10-12,16-18,21-22,26,29,38H,8-9,13-15,19H2,1-4H3,(H,35,39)(H,36,41). The van der Waals surface area contributed by atoms with E-state index in [0.717, 1.165) is 5.57 Å². The molecule has 236 valence electrons. The van der Waals surface area contributed by atoms with Gasteiger partial charge in [0.25, 0.3) is 0 Å². The molecule has 0 radical (unpaired) electrons. The van der Waals surface area contributed by atoms with E-state index in [-0.39, 0.29) is 30.1 Å². The molecule has 11 heteroatoms. The van der Waals surface area contributed by atoms with Crippen molar-refractivity contribution in [3.8, 4) is 5.75 Å². The lowest BCUT2D eigenvalue weighted by molar-refractivity contribution is -0.151. The van der Waals surface area contributed by atoms with Crippen molar-refractivity contribution in [2.24, 2.45) is 0 Å². The van der Waals surface area contributed by atoms with Crippen LogP contribution < -0.4 is 10.6 Å². The van der Waals surface area contributed by atoms with Gasteiger partial charge < -0.3 is 25.4 Å². The maximum Gasteiger partial charge on any atom is 0.337 e. The lowest BCUT2D eigenvalue weighted by Gasteiger charge is -2.31. The molecule has 0 fully saturated rings. The molecule has 4 unspecified atom stereocenters. The minimum absolute atomic E-state index is 0.00439. The minimum atomic E-state index is -1.67. The first-order valence-electron chi connectivity index (χ1n) is 14.7. The number of ether oxygens (including phenoxy) is 1. The van der Waals surface area contributed by atoms with Crippen LogP contribution in [-0.2, 0) is 30.3 Å². The molecule has 0 saturated heterocycles. The molecular formula is C33H40BrN3O7. The third-order valence-corrected chi connectivity index (χ3v) is 8.15. The summed E-state index contributed by atoms with van der Waals surface area (Å²) in [6.07, 6.45) is 4.11. The lowest BCUT2D eigenvalue weighted by atomic mass is 10.0. The van der Waals surface area contributed by atoms with Gasteiger partial charge in [-0.05, 0) is 80.1 Å². The minimum Gasteiger partial charge on any atom is -0.507 e. The second-order valence-electron chi connectivity index (χ2n) is 11.1. The van der Waals surface area contributed by atoms with Crippen molar-refractivity contribution in [1.29, 1.82) is 0 Å². The van der Waals surface area contributed by atoms with Crippen LogP contribution in [0.3, 0.4) is 0 Å². The van der Waals surface area contributed by atoms with Gasteiger partial charge in [-0.25, -0.2) is 4.79 Å². The summed E-state index contributed by atoms with van der Waals surface area (Å²) in [6, 6.07) is 8.96. The van der Waals surface area contributed by atoms with Crippen LogP contribution in [-0.4, -0.2) is 70.8 Å². The van der Waals surface area contributed by atoms with E-state index >= 15 is 0 Å². The topological polar surface area (TPSA) is 142 Å². The van der Waals surface area contributed by atoms with E-state index < -0.39 is 47.8 Å². The Balaban J connectivity index is 2.01. The van der Waals surface area contributed by atoms with E-state index in [1.54, 1.807) is 49.4 Å². The van der Waals surface area contributed by atoms with Gasteiger partial charge in [-0.15, -0.1) is 0 Å². The van der Waals surface area contributed by atoms with Gasteiger partial charge in [-0.1, -0.05) is 48.0 Å². The van der Waals surface area contributed by atoms with Gasteiger partial charge in [-0.3, -0.25) is 19.2 Å². The fourth-order valence-corrected chi connectivity index (χ4v) is 5.28. The zero-order valence-corrected chi connectivity index (χ0v) is 27.1. The van der Waals surface area contributed by atoms with E-state index in [0.29, 0.717) is 35.7 Å². The fourth-order valence-electron chi connectivity index (χ4n) is 4.85. The Bertz CT molecular complexity index is 1400. The van der Waals surface area contributed by atoms with Gasteiger partial charge in [0.05, 0.1) is 10.6 Å². The third kappa shape index (κ3) is 9.77. The number of aromatic hydroxyl groups is 1. The van der Waals surface area contributed by atoms with E-state index in [2.05, 4.69) is 26.6 Å². The second kappa shape index (κ2) is 16.2. The molecule has 10 nitrogen and oxygen atoms in total. The van der Waals surface area contributed by atoms with Crippen LogP contribution in [0.2, 0.25) is 0 Å². The predicted octanol–water partition coefficient (Wildman–Crippen LogP) is 4.24. The van der Waals surface area contributed by atoms with E-state index in [9.17, 15) is 29.1 Å². The monoisotopic (exact) mass is 669 g/mol. The number of benzene rings is 2. The summed E-state index contributed by atoms with van der Waals surface area (Å²) >= 11 is 3.27. The van der Waals surface area contributed by atoms with Gasteiger partial charge in [-0.2, -0.15) is 0 Å². The Hall–Kier alpha value is -3.99.